The molecule has 1 N–H and O–H groups in total. The number of rotatable bonds is 3. The zero-order valence-corrected chi connectivity index (χ0v) is 12.6. The summed E-state index contributed by atoms with van der Waals surface area (Å²) in [4.78, 5) is 24.5. The summed E-state index contributed by atoms with van der Waals surface area (Å²) in [5.74, 6) is -1.36. The van der Waals surface area contributed by atoms with Gasteiger partial charge >= 0.3 is 5.97 Å². The molecule has 19 heavy (non-hydrogen) atoms. The summed E-state index contributed by atoms with van der Waals surface area (Å²) >= 11 is 4.92. The molecule has 2 rings (SSSR count). The molecule has 1 aliphatic heterocycles. The van der Waals surface area contributed by atoms with Gasteiger partial charge in [-0.05, 0) is 51.9 Å². The number of hydrogen-bond acceptors (Lipinski definition) is 3. The van der Waals surface area contributed by atoms with Crippen LogP contribution in [-0.4, -0.2) is 35.0 Å². The minimum atomic E-state index is -0.816. The molecule has 1 fully saturated rings. The predicted molar refractivity (Wildman–Crippen MR) is 78.0 cm³/mol. The van der Waals surface area contributed by atoms with Gasteiger partial charge in [0.25, 0.3) is 0 Å². The molecule has 1 aliphatic rings. The largest absolute Gasteiger partial charge is 0.481 e. The third-order valence-electron chi connectivity index (χ3n) is 3.09. The van der Waals surface area contributed by atoms with Gasteiger partial charge in [0.1, 0.15) is 0 Å². The second-order valence-electron chi connectivity index (χ2n) is 4.48. The Morgan fingerprint density at radius 3 is 2.95 bits per heavy atom. The highest BCUT2D eigenvalue weighted by Crippen LogP contribution is 2.22. The summed E-state index contributed by atoms with van der Waals surface area (Å²) in [6.45, 7) is 0.951. The summed E-state index contributed by atoms with van der Waals surface area (Å²) in [7, 11) is 0. The van der Waals surface area contributed by atoms with Gasteiger partial charge in [-0.25, -0.2) is 0 Å². The van der Waals surface area contributed by atoms with Crippen LogP contribution in [0.4, 0.5) is 0 Å². The summed E-state index contributed by atoms with van der Waals surface area (Å²) < 4.78 is 1.02. The van der Waals surface area contributed by atoms with Crippen LogP contribution < -0.4 is 0 Å². The molecular formula is C13H14BrNO3S. The molecule has 0 unspecified atom stereocenters. The Hall–Kier alpha value is -1.14. The van der Waals surface area contributed by atoms with Crippen LogP contribution in [0.1, 0.15) is 18.4 Å². The van der Waals surface area contributed by atoms with E-state index in [1.54, 1.807) is 22.3 Å². The van der Waals surface area contributed by atoms with Gasteiger partial charge in [-0.1, -0.05) is 0 Å². The molecular weight excluding hydrogens is 330 g/mol. The highest BCUT2D eigenvalue weighted by Gasteiger charge is 2.26. The van der Waals surface area contributed by atoms with Crippen molar-refractivity contribution >= 4 is 45.2 Å². The lowest BCUT2D eigenvalue weighted by atomic mass is 9.98. The van der Waals surface area contributed by atoms with Gasteiger partial charge in [-0.2, -0.15) is 0 Å². The predicted octanol–water partition coefficient (Wildman–Crippen LogP) is 2.85. The van der Waals surface area contributed by atoms with Gasteiger partial charge in [-0.3, -0.25) is 9.59 Å². The van der Waals surface area contributed by atoms with E-state index < -0.39 is 11.9 Å². The zero-order chi connectivity index (χ0) is 13.8. The van der Waals surface area contributed by atoms with Crippen LogP contribution >= 0.6 is 27.3 Å². The van der Waals surface area contributed by atoms with Crippen molar-refractivity contribution in [2.75, 3.05) is 13.1 Å². The first-order valence-corrected chi connectivity index (χ1v) is 7.67. The number of likely N-dealkylation sites (tertiary alicyclic amines) is 1. The van der Waals surface area contributed by atoms with Crippen molar-refractivity contribution in [3.05, 3.63) is 26.9 Å². The molecule has 1 aromatic rings. The van der Waals surface area contributed by atoms with Crippen molar-refractivity contribution in [1.82, 2.24) is 4.90 Å². The Balaban J connectivity index is 1.96. The van der Waals surface area contributed by atoms with Gasteiger partial charge in [0.05, 0.1) is 9.70 Å². The molecule has 4 nitrogen and oxygen atoms in total. The maximum Gasteiger partial charge on any atom is 0.308 e. The lowest BCUT2D eigenvalue weighted by molar-refractivity contribution is -0.144. The second-order valence-corrected chi connectivity index (χ2v) is 6.77. The molecule has 0 aromatic carbocycles. The van der Waals surface area contributed by atoms with Crippen LogP contribution in [0.15, 0.2) is 21.3 Å². The molecule has 1 amide bonds. The quantitative estimate of drug-likeness (QED) is 0.858. The average molecular weight is 344 g/mol. The van der Waals surface area contributed by atoms with Crippen molar-refractivity contribution in [2.24, 2.45) is 5.92 Å². The third-order valence-corrected chi connectivity index (χ3v) is 4.61. The number of thiophene rings is 1. The fraction of sp³-hybridized carbons (Fsp3) is 0.385. The van der Waals surface area contributed by atoms with Gasteiger partial charge in [0.15, 0.2) is 0 Å². The number of carboxylic acids is 1. The van der Waals surface area contributed by atoms with E-state index in [9.17, 15) is 9.59 Å². The van der Waals surface area contributed by atoms with Crippen molar-refractivity contribution in [3.8, 4) is 0 Å². The maximum atomic E-state index is 12.0. The number of aliphatic carboxylic acids is 1. The van der Waals surface area contributed by atoms with Crippen molar-refractivity contribution < 1.29 is 14.7 Å². The van der Waals surface area contributed by atoms with Gasteiger partial charge < -0.3 is 10.0 Å². The first-order valence-electron chi connectivity index (χ1n) is 6.00. The Morgan fingerprint density at radius 2 is 2.32 bits per heavy atom. The molecule has 0 saturated carbocycles. The zero-order valence-electron chi connectivity index (χ0n) is 10.2. The van der Waals surface area contributed by atoms with Crippen LogP contribution in [0.2, 0.25) is 0 Å². The summed E-state index contributed by atoms with van der Waals surface area (Å²) in [5.41, 5.74) is 0.969. The second kappa shape index (κ2) is 6.34. The highest BCUT2D eigenvalue weighted by atomic mass is 79.9. The molecule has 6 heteroatoms. The monoisotopic (exact) mass is 343 g/mol. The average Bonchev–Trinajstić information content (AvgIpc) is 2.82. The Bertz CT molecular complexity index is 512. The number of carbonyl (C=O) groups excluding carboxylic acids is 1. The van der Waals surface area contributed by atoms with Crippen LogP contribution in [0.25, 0.3) is 6.08 Å². The topological polar surface area (TPSA) is 57.6 Å². The van der Waals surface area contributed by atoms with Gasteiger partial charge in [-0.15, -0.1) is 11.3 Å². The summed E-state index contributed by atoms with van der Waals surface area (Å²) in [6, 6.07) is 1.94. The fourth-order valence-electron chi connectivity index (χ4n) is 2.06. The highest BCUT2D eigenvalue weighted by molar-refractivity contribution is 9.11. The van der Waals surface area contributed by atoms with E-state index in [1.807, 2.05) is 11.4 Å². The Labute approximate surface area is 123 Å². The molecule has 0 aliphatic carbocycles. The maximum absolute atomic E-state index is 12.0. The standard InChI is InChI=1S/C13H14BrNO3S/c14-11-6-9(8-19-11)3-4-12(16)15-5-1-2-10(7-15)13(17)18/h3-4,6,8,10H,1-2,5,7H2,(H,17,18)/b4-3+/t10-/m0/s1. The van der Waals surface area contributed by atoms with E-state index in [0.29, 0.717) is 19.5 Å². The van der Waals surface area contributed by atoms with Crippen molar-refractivity contribution in [3.63, 3.8) is 0 Å². The minimum Gasteiger partial charge on any atom is -0.481 e. The first-order chi connectivity index (χ1) is 9.06. The molecule has 0 bridgehead atoms. The lowest BCUT2D eigenvalue weighted by Crippen LogP contribution is -2.41. The summed E-state index contributed by atoms with van der Waals surface area (Å²) in [6.07, 6.45) is 4.67. The third kappa shape index (κ3) is 3.91. The SMILES string of the molecule is O=C(O)[C@H]1CCCN(C(=O)/C=C/c2csc(Br)c2)C1. The van der Waals surface area contributed by atoms with Crippen LogP contribution in [0.5, 0.6) is 0 Å². The van der Waals surface area contributed by atoms with E-state index in [2.05, 4.69) is 15.9 Å². The number of halogens is 1. The van der Waals surface area contributed by atoms with Crippen LogP contribution in [0.3, 0.4) is 0 Å². The number of piperidine rings is 1. The smallest absolute Gasteiger partial charge is 0.308 e. The minimum absolute atomic E-state index is 0.117. The van der Waals surface area contributed by atoms with Crippen molar-refractivity contribution in [1.29, 1.82) is 0 Å². The van der Waals surface area contributed by atoms with E-state index in [0.717, 1.165) is 15.8 Å². The molecule has 0 spiro atoms. The van der Waals surface area contributed by atoms with Gasteiger partial charge in [0.2, 0.25) is 5.91 Å². The number of carboxylic acid groups (broad SMARTS) is 1. The lowest BCUT2D eigenvalue weighted by Gasteiger charge is -2.29. The molecule has 1 saturated heterocycles. The molecule has 2 heterocycles. The van der Waals surface area contributed by atoms with E-state index in [4.69, 9.17) is 5.11 Å². The number of nitrogens with zero attached hydrogens (tertiary/aromatic N) is 1. The normalized spacial score (nSPS) is 19.8. The van der Waals surface area contributed by atoms with E-state index in [1.165, 1.54) is 6.08 Å². The fourth-order valence-corrected chi connectivity index (χ4v) is 3.21. The van der Waals surface area contributed by atoms with Gasteiger partial charge in [0, 0.05) is 19.2 Å². The summed E-state index contributed by atoms with van der Waals surface area (Å²) in [5, 5.41) is 10.9. The molecule has 1 aromatic heterocycles. The first kappa shape index (κ1) is 14.3. The molecule has 1 atom stereocenters. The van der Waals surface area contributed by atoms with Crippen LogP contribution in [-0.2, 0) is 9.59 Å². The number of amides is 1. The van der Waals surface area contributed by atoms with Crippen LogP contribution in [0, 0.1) is 5.92 Å². The molecule has 0 radical (unpaired) electrons. The van der Waals surface area contributed by atoms with E-state index in [-0.39, 0.29) is 5.91 Å². The Morgan fingerprint density at radius 1 is 1.53 bits per heavy atom. The Kier molecular flexibility index (Phi) is 4.76. The van der Waals surface area contributed by atoms with Crippen molar-refractivity contribution in [2.45, 2.75) is 12.8 Å². The number of hydrogen-bond donors (Lipinski definition) is 1. The molecule has 102 valence electrons. The van der Waals surface area contributed by atoms with E-state index >= 15 is 0 Å². The number of carbonyl (C=O) groups is 2.